The van der Waals surface area contributed by atoms with E-state index in [0.717, 1.165) is 12.1 Å². The van der Waals surface area contributed by atoms with Gasteiger partial charge in [0.05, 0.1) is 11.3 Å². The Balaban J connectivity index is 1.65. The van der Waals surface area contributed by atoms with Gasteiger partial charge < -0.3 is 9.88 Å². The summed E-state index contributed by atoms with van der Waals surface area (Å²) < 4.78 is 15.6. The molecule has 0 fully saturated rings. The third kappa shape index (κ3) is 4.11. The van der Waals surface area contributed by atoms with E-state index in [1.807, 2.05) is 24.3 Å². The zero-order chi connectivity index (χ0) is 18.5. The van der Waals surface area contributed by atoms with E-state index >= 15 is 0 Å². The summed E-state index contributed by atoms with van der Waals surface area (Å²) in [6, 6.07) is 14.2. The standard InChI is InChI=1S/C19H19FN4OS/c1-3-13-7-6-8-14(11-13)21-17(25)12-26-19-23-22-18(24(19)2)15-9-4-5-10-16(15)20/h4-11H,3,12H2,1-2H3,(H,21,25). The van der Waals surface area contributed by atoms with Crippen LogP contribution in [0.5, 0.6) is 0 Å². The monoisotopic (exact) mass is 370 g/mol. The maximum absolute atomic E-state index is 13.9. The summed E-state index contributed by atoms with van der Waals surface area (Å²) in [5.41, 5.74) is 2.33. The number of carbonyl (C=O) groups is 1. The first-order valence-electron chi connectivity index (χ1n) is 8.24. The van der Waals surface area contributed by atoms with E-state index in [-0.39, 0.29) is 17.5 Å². The van der Waals surface area contributed by atoms with Crippen molar-refractivity contribution in [2.45, 2.75) is 18.5 Å². The number of nitrogens with zero attached hydrogens (tertiary/aromatic N) is 3. The summed E-state index contributed by atoms with van der Waals surface area (Å²) in [5, 5.41) is 11.6. The van der Waals surface area contributed by atoms with Gasteiger partial charge >= 0.3 is 0 Å². The van der Waals surface area contributed by atoms with E-state index in [2.05, 4.69) is 22.4 Å². The minimum atomic E-state index is -0.354. The molecular formula is C19H19FN4OS. The van der Waals surface area contributed by atoms with Crippen LogP contribution in [0.3, 0.4) is 0 Å². The molecule has 7 heteroatoms. The van der Waals surface area contributed by atoms with Crippen LogP contribution in [0.4, 0.5) is 10.1 Å². The van der Waals surface area contributed by atoms with Crippen LogP contribution in [0.2, 0.25) is 0 Å². The van der Waals surface area contributed by atoms with E-state index in [0.29, 0.717) is 16.5 Å². The first-order valence-corrected chi connectivity index (χ1v) is 9.23. The fourth-order valence-corrected chi connectivity index (χ4v) is 3.22. The Morgan fingerprint density at radius 2 is 2.00 bits per heavy atom. The third-order valence-corrected chi connectivity index (χ3v) is 4.92. The highest BCUT2D eigenvalue weighted by Gasteiger charge is 2.15. The number of carbonyl (C=O) groups excluding carboxylic acids is 1. The zero-order valence-corrected chi connectivity index (χ0v) is 15.4. The molecule has 0 radical (unpaired) electrons. The molecule has 0 unspecified atom stereocenters. The molecule has 1 aromatic heterocycles. The smallest absolute Gasteiger partial charge is 0.234 e. The van der Waals surface area contributed by atoms with Crippen molar-refractivity contribution in [1.29, 1.82) is 0 Å². The van der Waals surface area contributed by atoms with Gasteiger partial charge in [0.15, 0.2) is 11.0 Å². The van der Waals surface area contributed by atoms with Crippen molar-refractivity contribution in [2.24, 2.45) is 7.05 Å². The number of aryl methyl sites for hydroxylation is 1. The molecule has 3 rings (SSSR count). The molecule has 0 spiro atoms. The van der Waals surface area contributed by atoms with Gasteiger partial charge in [-0.2, -0.15) is 0 Å². The number of anilines is 1. The Hall–Kier alpha value is -2.67. The lowest BCUT2D eigenvalue weighted by Gasteiger charge is -2.07. The SMILES string of the molecule is CCc1cccc(NC(=O)CSc2nnc(-c3ccccc3F)n2C)c1. The number of aromatic nitrogens is 3. The summed E-state index contributed by atoms with van der Waals surface area (Å²) in [5.74, 6) is 0.146. The van der Waals surface area contributed by atoms with Crippen LogP contribution in [-0.2, 0) is 18.3 Å². The molecule has 1 heterocycles. The molecule has 26 heavy (non-hydrogen) atoms. The Morgan fingerprint density at radius 1 is 1.19 bits per heavy atom. The van der Waals surface area contributed by atoms with Crippen LogP contribution in [0.25, 0.3) is 11.4 Å². The average Bonchev–Trinajstić information content (AvgIpc) is 3.01. The van der Waals surface area contributed by atoms with Crippen molar-refractivity contribution >= 4 is 23.4 Å². The lowest BCUT2D eigenvalue weighted by molar-refractivity contribution is -0.113. The predicted octanol–water partition coefficient (Wildman–Crippen LogP) is 3.91. The van der Waals surface area contributed by atoms with Crippen molar-refractivity contribution in [3.63, 3.8) is 0 Å². The van der Waals surface area contributed by atoms with Gasteiger partial charge in [0, 0.05) is 12.7 Å². The van der Waals surface area contributed by atoms with Crippen LogP contribution in [0, 0.1) is 5.82 Å². The molecule has 134 valence electrons. The van der Waals surface area contributed by atoms with Crippen molar-refractivity contribution in [1.82, 2.24) is 14.8 Å². The van der Waals surface area contributed by atoms with Gasteiger partial charge in [-0.1, -0.05) is 43.0 Å². The molecule has 5 nitrogen and oxygen atoms in total. The summed E-state index contributed by atoms with van der Waals surface area (Å²) in [4.78, 5) is 12.2. The summed E-state index contributed by atoms with van der Waals surface area (Å²) in [6.07, 6.45) is 0.913. The second-order valence-corrected chi connectivity index (χ2v) is 6.68. The Bertz CT molecular complexity index is 925. The summed E-state index contributed by atoms with van der Waals surface area (Å²) >= 11 is 1.26. The van der Waals surface area contributed by atoms with Gasteiger partial charge in [0.1, 0.15) is 5.82 Å². The fraction of sp³-hybridized carbons (Fsp3) is 0.211. The Labute approximate surface area is 155 Å². The molecule has 0 aliphatic rings. The quantitative estimate of drug-likeness (QED) is 0.668. The number of amides is 1. The maximum Gasteiger partial charge on any atom is 0.234 e. The van der Waals surface area contributed by atoms with Crippen LogP contribution < -0.4 is 5.32 Å². The van der Waals surface area contributed by atoms with E-state index < -0.39 is 0 Å². The van der Waals surface area contributed by atoms with E-state index in [1.165, 1.54) is 23.4 Å². The predicted molar refractivity (Wildman–Crippen MR) is 102 cm³/mol. The molecule has 0 bridgehead atoms. The minimum Gasteiger partial charge on any atom is -0.325 e. The number of thioether (sulfide) groups is 1. The lowest BCUT2D eigenvalue weighted by atomic mass is 10.1. The molecule has 0 saturated heterocycles. The Kier molecular flexibility index (Phi) is 5.68. The van der Waals surface area contributed by atoms with Crippen LogP contribution >= 0.6 is 11.8 Å². The number of hydrogen-bond donors (Lipinski definition) is 1. The van der Waals surface area contributed by atoms with Crippen LogP contribution in [0.15, 0.2) is 53.7 Å². The molecule has 0 saturated carbocycles. The number of halogens is 1. The van der Waals surface area contributed by atoms with Crippen LogP contribution in [-0.4, -0.2) is 26.4 Å². The van der Waals surface area contributed by atoms with Crippen molar-refractivity contribution in [2.75, 3.05) is 11.1 Å². The second kappa shape index (κ2) is 8.14. The molecule has 3 aromatic rings. The van der Waals surface area contributed by atoms with Gasteiger partial charge in [0.25, 0.3) is 0 Å². The van der Waals surface area contributed by atoms with Gasteiger partial charge in [-0.05, 0) is 36.2 Å². The number of nitrogens with one attached hydrogen (secondary N) is 1. The molecule has 1 N–H and O–H groups in total. The number of hydrogen-bond acceptors (Lipinski definition) is 4. The number of rotatable bonds is 6. The summed E-state index contributed by atoms with van der Waals surface area (Å²) in [7, 11) is 1.76. The van der Waals surface area contributed by atoms with Gasteiger partial charge in [-0.15, -0.1) is 10.2 Å². The van der Waals surface area contributed by atoms with Crippen molar-refractivity contribution in [3.05, 3.63) is 59.9 Å². The second-order valence-electron chi connectivity index (χ2n) is 5.74. The first-order chi connectivity index (χ1) is 12.6. The molecule has 0 aliphatic heterocycles. The number of benzene rings is 2. The van der Waals surface area contributed by atoms with Gasteiger partial charge in [-0.3, -0.25) is 4.79 Å². The fourth-order valence-electron chi connectivity index (χ4n) is 2.51. The van der Waals surface area contributed by atoms with E-state index in [1.54, 1.807) is 29.8 Å². The first kappa shape index (κ1) is 18.1. The Morgan fingerprint density at radius 3 is 2.77 bits per heavy atom. The molecule has 0 aliphatic carbocycles. The van der Waals surface area contributed by atoms with Crippen LogP contribution in [0.1, 0.15) is 12.5 Å². The highest BCUT2D eigenvalue weighted by Crippen LogP contribution is 2.24. The molecular weight excluding hydrogens is 351 g/mol. The van der Waals surface area contributed by atoms with E-state index in [9.17, 15) is 9.18 Å². The largest absolute Gasteiger partial charge is 0.325 e. The van der Waals surface area contributed by atoms with Crippen molar-refractivity contribution in [3.8, 4) is 11.4 Å². The maximum atomic E-state index is 13.9. The average molecular weight is 370 g/mol. The van der Waals surface area contributed by atoms with Gasteiger partial charge in [-0.25, -0.2) is 4.39 Å². The highest BCUT2D eigenvalue weighted by atomic mass is 32.2. The topological polar surface area (TPSA) is 59.8 Å². The third-order valence-electron chi connectivity index (χ3n) is 3.90. The molecule has 0 atom stereocenters. The zero-order valence-electron chi connectivity index (χ0n) is 14.6. The molecule has 2 aromatic carbocycles. The summed E-state index contributed by atoms with van der Waals surface area (Å²) in [6.45, 7) is 2.07. The van der Waals surface area contributed by atoms with Crippen molar-refractivity contribution < 1.29 is 9.18 Å². The highest BCUT2D eigenvalue weighted by molar-refractivity contribution is 7.99. The molecule has 1 amide bonds. The normalized spacial score (nSPS) is 10.7. The van der Waals surface area contributed by atoms with E-state index in [4.69, 9.17) is 0 Å². The minimum absolute atomic E-state index is 0.126. The lowest BCUT2D eigenvalue weighted by Crippen LogP contribution is -2.14. The van der Waals surface area contributed by atoms with Gasteiger partial charge in [0.2, 0.25) is 5.91 Å².